The molecule has 1 aromatic carbocycles. The maximum absolute atomic E-state index is 5.67. The number of hydrogen-bond acceptors (Lipinski definition) is 3. The van der Waals surface area contributed by atoms with Crippen LogP contribution in [0.15, 0.2) is 23.2 Å². The lowest BCUT2D eigenvalue weighted by atomic mass is 9.73. The number of halogens is 1. The van der Waals surface area contributed by atoms with E-state index in [-0.39, 0.29) is 29.4 Å². The molecule has 1 saturated carbocycles. The van der Waals surface area contributed by atoms with Crippen molar-refractivity contribution in [3.8, 4) is 5.75 Å². The summed E-state index contributed by atoms with van der Waals surface area (Å²) in [4.78, 5) is 4.37. The number of nitrogens with zero attached hydrogens (tertiary/aromatic N) is 1. The number of guanidine groups is 1. The largest absolute Gasteiger partial charge is 0.496 e. The Morgan fingerprint density at radius 3 is 2.64 bits per heavy atom. The van der Waals surface area contributed by atoms with Crippen LogP contribution in [0.4, 0.5) is 0 Å². The Balaban J connectivity index is 0.00000225. The van der Waals surface area contributed by atoms with E-state index in [4.69, 9.17) is 9.47 Å². The van der Waals surface area contributed by atoms with Gasteiger partial charge in [0.15, 0.2) is 5.96 Å². The van der Waals surface area contributed by atoms with Gasteiger partial charge in [0.2, 0.25) is 0 Å². The molecule has 0 spiro atoms. The number of hydrogen-bond donors (Lipinski definition) is 2. The van der Waals surface area contributed by atoms with E-state index >= 15 is 0 Å². The zero-order chi connectivity index (χ0) is 17.0. The normalized spacial score (nSPS) is 19.7. The van der Waals surface area contributed by atoms with Crippen LogP contribution in [0.25, 0.3) is 0 Å². The van der Waals surface area contributed by atoms with Crippen molar-refractivity contribution >= 4 is 29.9 Å². The summed E-state index contributed by atoms with van der Waals surface area (Å²) >= 11 is 0. The van der Waals surface area contributed by atoms with E-state index in [9.17, 15) is 0 Å². The van der Waals surface area contributed by atoms with Gasteiger partial charge in [-0.05, 0) is 38.7 Å². The lowest BCUT2D eigenvalue weighted by Gasteiger charge is -2.39. The monoisotopic (exact) mass is 459 g/mol. The van der Waals surface area contributed by atoms with E-state index in [2.05, 4.69) is 40.7 Å². The number of methoxy groups -OCH3 is 1. The summed E-state index contributed by atoms with van der Waals surface area (Å²) in [5, 5.41) is 7.01. The van der Waals surface area contributed by atoms with E-state index < -0.39 is 0 Å². The van der Waals surface area contributed by atoms with E-state index in [1.54, 1.807) is 7.11 Å². The van der Waals surface area contributed by atoms with Gasteiger partial charge in [-0.1, -0.05) is 17.7 Å². The van der Waals surface area contributed by atoms with Gasteiger partial charge in [0.25, 0.3) is 0 Å². The first-order valence-corrected chi connectivity index (χ1v) is 8.87. The summed E-state index contributed by atoms with van der Waals surface area (Å²) in [6, 6.07) is 7.05. The third-order valence-corrected chi connectivity index (χ3v) is 5.11. The van der Waals surface area contributed by atoms with Crippen LogP contribution in [0.2, 0.25) is 0 Å². The predicted molar refractivity (Wildman–Crippen MR) is 112 cm³/mol. The number of benzene rings is 1. The molecule has 5 nitrogen and oxygen atoms in total. The van der Waals surface area contributed by atoms with Crippen LogP contribution in [-0.4, -0.2) is 45.9 Å². The highest BCUT2D eigenvalue weighted by atomic mass is 127. The number of aryl methyl sites for hydroxylation is 1. The number of aliphatic imine (C=N–C) groups is 1. The maximum Gasteiger partial charge on any atom is 0.191 e. The van der Waals surface area contributed by atoms with Crippen LogP contribution < -0.4 is 15.4 Å². The predicted octanol–water partition coefficient (Wildman–Crippen LogP) is 3.00. The van der Waals surface area contributed by atoms with Crippen LogP contribution in [0.5, 0.6) is 5.75 Å². The van der Waals surface area contributed by atoms with Crippen molar-refractivity contribution in [3.63, 3.8) is 0 Å². The summed E-state index contributed by atoms with van der Waals surface area (Å²) < 4.78 is 11.3. The van der Waals surface area contributed by atoms with E-state index in [0.717, 1.165) is 44.3 Å². The highest BCUT2D eigenvalue weighted by Gasteiger charge is 2.37. The molecule has 0 atom stereocenters. The zero-order valence-corrected chi connectivity index (χ0v) is 17.8. The van der Waals surface area contributed by atoms with E-state index in [1.807, 2.05) is 7.05 Å². The Labute approximate surface area is 168 Å². The molecule has 140 valence electrons. The Morgan fingerprint density at radius 2 is 2.04 bits per heavy atom. The summed E-state index contributed by atoms with van der Waals surface area (Å²) in [6.45, 7) is 4.54. The molecule has 0 unspecified atom stereocenters. The minimum atomic E-state index is 0. The molecule has 1 aromatic rings. The van der Waals surface area contributed by atoms with Gasteiger partial charge in [-0.2, -0.15) is 0 Å². The van der Waals surface area contributed by atoms with Gasteiger partial charge in [0, 0.05) is 43.8 Å². The Kier molecular flexibility index (Phi) is 7.37. The first-order chi connectivity index (χ1) is 11.7. The SMILES string of the molecule is CN=C(NCC1(c2cc(C)ccc2OC)CCOCC1)NC1CC1.I. The Morgan fingerprint density at radius 1 is 1.32 bits per heavy atom. The van der Waals surface area contributed by atoms with Gasteiger partial charge in [0.1, 0.15) is 5.75 Å². The molecule has 2 aliphatic rings. The van der Waals surface area contributed by atoms with Crippen molar-refractivity contribution in [1.82, 2.24) is 10.6 Å². The smallest absolute Gasteiger partial charge is 0.191 e. The number of ether oxygens (including phenoxy) is 2. The van der Waals surface area contributed by atoms with Gasteiger partial charge < -0.3 is 20.1 Å². The summed E-state index contributed by atoms with van der Waals surface area (Å²) in [7, 11) is 3.59. The summed E-state index contributed by atoms with van der Waals surface area (Å²) in [5.74, 6) is 1.87. The maximum atomic E-state index is 5.67. The van der Waals surface area contributed by atoms with Crippen molar-refractivity contribution in [2.75, 3.05) is 33.9 Å². The second-order valence-corrected chi connectivity index (χ2v) is 6.94. The van der Waals surface area contributed by atoms with Crippen LogP contribution >= 0.6 is 24.0 Å². The van der Waals surface area contributed by atoms with Crippen LogP contribution in [0.3, 0.4) is 0 Å². The van der Waals surface area contributed by atoms with Gasteiger partial charge in [0.05, 0.1) is 7.11 Å². The average molecular weight is 459 g/mol. The van der Waals surface area contributed by atoms with Crippen molar-refractivity contribution in [2.24, 2.45) is 4.99 Å². The molecule has 1 aliphatic carbocycles. The van der Waals surface area contributed by atoms with E-state index in [1.165, 1.54) is 24.0 Å². The van der Waals surface area contributed by atoms with E-state index in [0.29, 0.717) is 6.04 Å². The fourth-order valence-electron chi connectivity index (χ4n) is 3.41. The second-order valence-electron chi connectivity index (χ2n) is 6.94. The molecule has 6 heteroatoms. The molecule has 2 fully saturated rings. The fraction of sp³-hybridized carbons (Fsp3) is 0.632. The van der Waals surface area contributed by atoms with Crippen molar-refractivity contribution in [1.29, 1.82) is 0 Å². The van der Waals surface area contributed by atoms with Gasteiger partial charge in [-0.3, -0.25) is 4.99 Å². The minimum Gasteiger partial charge on any atom is -0.496 e. The first-order valence-electron chi connectivity index (χ1n) is 8.87. The molecule has 0 aromatic heterocycles. The number of rotatable bonds is 5. The van der Waals surface area contributed by atoms with Crippen LogP contribution in [0.1, 0.15) is 36.8 Å². The molecule has 0 bridgehead atoms. The molecule has 2 N–H and O–H groups in total. The molecular formula is C19H30IN3O2. The highest BCUT2D eigenvalue weighted by Crippen LogP contribution is 2.40. The lowest BCUT2D eigenvalue weighted by Crippen LogP contribution is -2.48. The quantitative estimate of drug-likeness (QED) is 0.404. The molecule has 3 rings (SSSR count). The van der Waals surface area contributed by atoms with Crippen LogP contribution in [-0.2, 0) is 10.2 Å². The molecular weight excluding hydrogens is 429 g/mol. The second kappa shape index (κ2) is 9.07. The minimum absolute atomic E-state index is 0. The fourth-order valence-corrected chi connectivity index (χ4v) is 3.41. The van der Waals surface area contributed by atoms with Gasteiger partial charge in [-0.15, -0.1) is 24.0 Å². The standard InChI is InChI=1S/C19H29N3O2.HI/c1-14-4-7-17(23-3)16(12-14)19(8-10-24-11-9-19)13-21-18(20-2)22-15-5-6-15;/h4,7,12,15H,5-6,8-11,13H2,1-3H3,(H2,20,21,22);1H. The highest BCUT2D eigenvalue weighted by molar-refractivity contribution is 14.0. The molecule has 1 heterocycles. The third kappa shape index (κ3) is 5.00. The zero-order valence-electron chi connectivity index (χ0n) is 15.4. The molecule has 0 radical (unpaired) electrons. The molecule has 0 amide bonds. The lowest BCUT2D eigenvalue weighted by molar-refractivity contribution is 0.0505. The summed E-state index contributed by atoms with van der Waals surface area (Å²) in [5.41, 5.74) is 2.55. The van der Waals surface area contributed by atoms with Crippen molar-refractivity contribution in [2.45, 2.75) is 44.1 Å². The Hall–Kier alpha value is -1.02. The number of nitrogens with one attached hydrogen (secondary N) is 2. The van der Waals surface area contributed by atoms with Gasteiger partial charge in [-0.25, -0.2) is 0 Å². The van der Waals surface area contributed by atoms with Crippen molar-refractivity contribution < 1.29 is 9.47 Å². The molecule has 25 heavy (non-hydrogen) atoms. The molecule has 1 saturated heterocycles. The summed E-state index contributed by atoms with van der Waals surface area (Å²) in [6.07, 6.45) is 4.46. The third-order valence-electron chi connectivity index (χ3n) is 5.11. The van der Waals surface area contributed by atoms with Crippen LogP contribution in [0, 0.1) is 6.92 Å². The van der Waals surface area contributed by atoms with Gasteiger partial charge >= 0.3 is 0 Å². The molecule has 1 aliphatic heterocycles. The topological polar surface area (TPSA) is 54.9 Å². The van der Waals surface area contributed by atoms with Crippen molar-refractivity contribution in [3.05, 3.63) is 29.3 Å². The average Bonchev–Trinajstić information content (AvgIpc) is 3.43. The first kappa shape index (κ1) is 20.3. The Bertz CT molecular complexity index is 596.